The monoisotopic (exact) mass is 326 g/mol. The molecule has 116 valence electrons. The lowest BCUT2D eigenvalue weighted by Gasteiger charge is -2.20. The van der Waals surface area contributed by atoms with E-state index in [0.717, 1.165) is 0 Å². The van der Waals surface area contributed by atoms with Gasteiger partial charge >= 0.3 is 5.97 Å². The second kappa shape index (κ2) is 7.24. The first-order chi connectivity index (χ1) is 9.27. The normalized spacial score (nSPS) is 24.6. The zero-order valence-electron chi connectivity index (χ0n) is 11.5. The van der Waals surface area contributed by atoms with Crippen LogP contribution >= 0.6 is 11.6 Å². The van der Waals surface area contributed by atoms with Crippen molar-refractivity contribution < 1.29 is 22.7 Å². The molecule has 0 aromatic carbocycles. The Kier molecular flexibility index (Phi) is 6.22. The number of halogens is 1. The summed E-state index contributed by atoms with van der Waals surface area (Å²) in [5.74, 6) is -1.06. The van der Waals surface area contributed by atoms with Crippen LogP contribution in [-0.2, 0) is 24.2 Å². The summed E-state index contributed by atoms with van der Waals surface area (Å²) < 4.78 is 27.3. The summed E-state index contributed by atoms with van der Waals surface area (Å²) in [6.07, 6.45) is 0. The van der Waals surface area contributed by atoms with E-state index in [4.69, 9.17) is 11.6 Å². The predicted octanol–water partition coefficient (Wildman–Crippen LogP) is -0.998. The van der Waals surface area contributed by atoms with Crippen molar-refractivity contribution >= 4 is 33.3 Å². The van der Waals surface area contributed by atoms with Crippen molar-refractivity contribution in [2.45, 2.75) is 18.3 Å². The van der Waals surface area contributed by atoms with Crippen molar-refractivity contribution in [3.63, 3.8) is 0 Å². The van der Waals surface area contributed by atoms with Crippen LogP contribution in [0, 0.1) is 0 Å². The molecule has 1 heterocycles. The second-order valence-electron chi connectivity index (χ2n) is 4.65. The van der Waals surface area contributed by atoms with Crippen molar-refractivity contribution in [1.29, 1.82) is 0 Å². The first-order valence-electron chi connectivity index (χ1n) is 6.20. The standard InChI is InChI=1S/C11H19ClN2O5S/c1-3-14(5-11(16)19-2)4-10(15)13-9-7-20(17,18)6-8(9)12/h8-9H,3-7H2,1-2H3,(H,13,15). The van der Waals surface area contributed by atoms with E-state index in [2.05, 4.69) is 10.1 Å². The number of alkyl halides is 1. The predicted molar refractivity (Wildman–Crippen MR) is 74.4 cm³/mol. The Bertz CT molecular complexity index is 467. The highest BCUT2D eigenvalue weighted by Gasteiger charge is 2.37. The van der Waals surface area contributed by atoms with Gasteiger partial charge in [-0.1, -0.05) is 6.92 Å². The quantitative estimate of drug-likeness (QED) is 0.497. The molecule has 1 rings (SSSR count). The summed E-state index contributed by atoms with van der Waals surface area (Å²) in [6.45, 7) is 2.30. The van der Waals surface area contributed by atoms with Crippen LogP contribution < -0.4 is 5.32 Å². The fraction of sp³-hybridized carbons (Fsp3) is 0.818. The second-order valence-corrected chi connectivity index (χ2v) is 7.36. The van der Waals surface area contributed by atoms with Gasteiger partial charge in [-0.25, -0.2) is 8.42 Å². The third-order valence-electron chi connectivity index (χ3n) is 3.02. The molecule has 0 bridgehead atoms. The average molecular weight is 327 g/mol. The lowest BCUT2D eigenvalue weighted by atomic mass is 10.2. The van der Waals surface area contributed by atoms with Gasteiger partial charge in [0.05, 0.1) is 43.1 Å². The van der Waals surface area contributed by atoms with E-state index < -0.39 is 27.2 Å². The van der Waals surface area contributed by atoms with Crippen molar-refractivity contribution in [3.05, 3.63) is 0 Å². The van der Waals surface area contributed by atoms with Gasteiger partial charge in [-0.2, -0.15) is 0 Å². The van der Waals surface area contributed by atoms with Crippen LogP contribution in [0.4, 0.5) is 0 Å². The zero-order chi connectivity index (χ0) is 15.3. The Morgan fingerprint density at radius 2 is 2.00 bits per heavy atom. The molecule has 1 saturated heterocycles. The maximum absolute atomic E-state index is 11.8. The number of ether oxygens (including phenoxy) is 1. The van der Waals surface area contributed by atoms with Gasteiger partial charge in [-0.15, -0.1) is 11.6 Å². The Balaban J connectivity index is 2.48. The van der Waals surface area contributed by atoms with Gasteiger partial charge in [0.1, 0.15) is 0 Å². The van der Waals surface area contributed by atoms with Crippen LogP contribution in [0.15, 0.2) is 0 Å². The highest BCUT2D eigenvalue weighted by atomic mass is 35.5. The number of likely N-dealkylation sites (N-methyl/N-ethyl adjacent to an activating group) is 1. The molecule has 0 aliphatic carbocycles. The molecule has 1 amide bonds. The van der Waals surface area contributed by atoms with Gasteiger partial charge < -0.3 is 10.1 Å². The largest absolute Gasteiger partial charge is 0.468 e. The number of methoxy groups -OCH3 is 1. The number of esters is 1. The van der Waals surface area contributed by atoms with E-state index in [-0.39, 0.29) is 30.5 Å². The molecule has 0 aromatic heterocycles. The van der Waals surface area contributed by atoms with Crippen molar-refractivity contribution in [2.75, 3.05) is 38.2 Å². The molecule has 7 nitrogen and oxygen atoms in total. The Morgan fingerprint density at radius 3 is 2.45 bits per heavy atom. The van der Waals surface area contributed by atoms with Gasteiger partial charge in [0, 0.05) is 0 Å². The SMILES string of the molecule is CCN(CC(=O)NC1CS(=O)(=O)CC1Cl)CC(=O)OC. The number of carbonyl (C=O) groups is 2. The lowest BCUT2D eigenvalue weighted by Crippen LogP contribution is -2.46. The molecule has 0 radical (unpaired) electrons. The van der Waals surface area contributed by atoms with Gasteiger partial charge in [0.2, 0.25) is 5.91 Å². The molecule has 1 N–H and O–H groups in total. The maximum atomic E-state index is 11.8. The fourth-order valence-corrected chi connectivity index (χ4v) is 4.47. The summed E-state index contributed by atoms with van der Waals surface area (Å²) in [5.41, 5.74) is 0. The maximum Gasteiger partial charge on any atom is 0.319 e. The summed E-state index contributed by atoms with van der Waals surface area (Å²) in [6, 6.07) is -0.578. The van der Waals surface area contributed by atoms with Crippen LogP contribution in [0.2, 0.25) is 0 Å². The first kappa shape index (κ1) is 17.2. The molecule has 20 heavy (non-hydrogen) atoms. The molecule has 0 saturated carbocycles. The number of nitrogens with one attached hydrogen (secondary N) is 1. The molecule has 1 fully saturated rings. The van der Waals surface area contributed by atoms with Crippen LogP contribution in [0.3, 0.4) is 0 Å². The minimum atomic E-state index is -3.18. The number of amides is 1. The van der Waals surface area contributed by atoms with E-state index >= 15 is 0 Å². The van der Waals surface area contributed by atoms with Crippen LogP contribution in [0.5, 0.6) is 0 Å². The Labute approximate surface area is 123 Å². The molecule has 9 heteroatoms. The van der Waals surface area contributed by atoms with Gasteiger partial charge in [-0.05, 0) is 6.54 Å². The number of sulfone groups is 1. The highest BCUT2D eigenvalue weighted by Crippen LogP contribution is 2.17. The van der Waals surface area contributed by atoms with Gasteiger partial charge in [0.25, 0.3) is 0 Å². The zero-order valence-corrected chi connectivity index (χ0v) is 13.0. The van der Waals surface area contributed by atoms with Gasteiger partial charge in [-0.3, -0.25) is 14.5 Å². The molecule has 1 aliphatic heterocycles. The third kappa shape index (κ3) is 5.26. The van der Waals surface area contributed by atoms with E-state index in [1.54, 1.807) is 11.8 Å². The van der Waals surface area contributed by atoms with Crippen LogP contribution in [0.25, 0.3) is 0 Å². The summed E-state index contributed by atoms with van der Waals surface area (Å²) in [5, 5.41) is 1.99. The number of hydrogen-bond acceptors (Lipinski definition) is 6. The number of nitrogens with zero attached hydrogens (tertiary/aromatic N) is 1. The number of carbonyl (C=O) groups excluding carboxylic acids is 2. The van der Waals surface area contributed by atoms with E-state index in [1.165, 1.54) is 7.11 Å². The fourth-order valence-electron chi connectivity index (χ4n) is 1.92. The molecule has 0 aromatic rings. The van der Waals surface area contributed by atoms with E-state index in [1.807, 2.05) is 0 Å². The topological polar surface area (TPSA) is 92.8 Å². The summed E-state index contributed by atoms with van der Waals surface area (Å²) in [7, 11) is -1.91. The average Bonchev–Trinajstić information content (AvgIpc) is 2.60. The molecule has 0 spiro atoms. The smallest absolute Gasteiger partial charge is 0.319 e. The third-order valence-corrected chi connectivity index (χ3v) is 5.40. The minimum absolute atomic E-state index is 0.00763. The van der Waals surface area contributed by atoms with Crippen molar-refractivity contribution in [2.24, 2.45) is 0 Å². The molecular weight excluding hydrogens is 308 g/mol. The van der Waals surface area contributed by atoms with Gasteiger partial charge in [0.15, 0.2) is 9.84 Å². The molecule has 2 atom stereocenters. The Morgan fingerprint density at radius 1 is 1.35 bits per heavy atom. The molecular formula is C11H19ClN2O5S. The number of hydrogen-bond donors (Lipinski definition) is 1. The van der Waals surface area contributed by atoms with E-state index in [9.17, 15) is 18.0 Å². The summed E-state index contributed by atoms with van der Waals surface area (Å²) in [4.78, 5) is 24.6. The minimum Gasteiger partial charge on any atom is -0.468 e. The Hall–Kier alpha value is -0.860. The van der Waals surface area contributed by atoms with Crippen molar-refractivity contribution in [3.8, 4) is 0 Å². The van der Waals surface area contributed by atoms with Crippen LogP contribution in [-0.4, -0.2) is 74.9 Å². The first-order valence-corrected chi connectivity index (χ1v) is 8.46. The lowest BCUT2D eigenvalue weighted by molar-refractivity contribution is -0.142. The molecule has 2 unspecified atom stereocenters. The number of rotatable bonds is 6. The van der Waals surface area contributed by atoms with E-state index in [0.29, 0.717) is 6.54 Å². The van der Waals surface area contributed by atoms with Crippen molar-refractivity contribution in [1.82, 2.24) is 10.2 Å². The summed E-state index contributed by atoms with van der Waals surface area (Å²) >= 11 is 5.90. The van der Waals surface area contributed by atoms with Crippen LogP contribution in [0.1, 0.15) is 6.92 Å². The highest BCUT2D eigenvalue weighted by molar-refractivity contribution is 7.91. The molecule has 1 aliphatic rings.